The minimum Gasteiger partial charge on any atom is -0.315 e. The van der Waals surface area contributed by atoms with Gasteiger partial charge in [0.15, 0.2) is 0 Å². The number of piperazine rings is 1. The van der Waals surface area contributed by atoms with E-state index in [1.807, 2.05) is 6.07 Å². The zero-order valence-electron chi connectivity index (χ0n) is 20.7. The van der Waals surface area contributed by atoms with Gasteiger partial charge in [-0.3, -0.25) is 9.69 Å². The molecule has 35 heavy (non-hydrogen) atoms. The minimum absolute atomic E-state index is 0.00640. The van der Waals surface area contributed by atoms with Gasteiger partial charge in [0.2, 0.25) is 15.9 Å². The number of nitrogens with one attached hydrogen (secondary N) is 1. The van der Waals surface area contributed by atoms with Crippen LogP contribution in [0.1, 0.15) is 30.9 Å². The highest BCUT2D eigenvalue weighted by atomic mass is 32.2. The summed E-state index contributed by atoms with van der Waals surface area (Å²) < 4.78 is 40.3. The predicted octanol–water partition coefficient (Wildman–Crippen LogP) is 2.99. The molecular weight excluding hydrogens is 467 g/mol. The van der Waals surface area contributed by atoms with E-state index in [4.69, 9.17) is 0 Å². The molecule has 2 aromatic carbocycles. The second-order valence-electron chi connectivity index (χ2n) is 9.73. The topological polar surface area (TPSA) is 73.0 Å². The van der Waals surface area contributed by atoms with Crippen molar-refractivity contribution in [3.05, 3.63) is 59.4 Å². The molecular formula is C26H35FN4O3S. The van der Waals surface area contributed by atoms with Gasteiger partial charge in [-0.15, -0.1) is 0 Å². The predicted molar refractivity (Wildman–Crippen MR) is 135 cm³/mol. The van der Waals surface area contributed by atoms with Gasteiger partial charge in [0.05, 0.1) is 4.90 Å². The number of carbonyl (C=O) groups is 1. The molecule has 0 spiro atoms. The van der Waals surface area contributed by atoms with Crippen molar-refractivity contribution >= 4 is 21.6 Å². The fraction of sp³-hybridized carbons (Fsp3) is 0.500. The zero-order chi connectivity index (χ0) is 25.2. The molecule has 1 amide bonds. The first-order valence-corrected chi connectivity index (χ1v) is 13.7. The Labute approximate surface area is 208 Å². The Morgan fingerprint density at radius 2 is 1.80 bits per heavy atom. The highest BCUT2D eigenvalue weighted by Gasteiger charge is 2.33. The van der Waals surface area contributed by atoms with Crippen molar-refractivity contribution < 1.29 is 17.6 Å². The van der Waals surface area contributed by atoms with E-state index in [0.717, 1.165) is 49.6 Å². The van der Waals surface area contributed by atoms with Crippen LogP contribution in [0, 0.1) is 18.7 Å². The molecule has 0 radical (unpaired) electrons. The average Bonchev–Trinajstić information content (AvgIpc) is 2.85. The maximum atomic E-state index is 13.2. The molecule has 0 unspecified atom stereocenters. The van der Waals surface area contributed by atoms with Gasteiger partial charge in [-0.1, -0.05) is 6.07 Å². The molecule has 0 aliphatic carbocycles. The van der Waals surface area contributed by atoms with E-state index in [2.05, 4.69) is 36.2 Å². The minimum atomic E-state index is -3.69. The number of rotatable bonds is 6. The molecule has 1 atom stereocenters. The molecule has 2 fully saturated rings. The quantitative estimate of drug-likeness (QED) is 0.658. The number of carbonyl (C=O) groups excluding carboxylic acids is 1. The number of sulfonamides is 1. The van der Waals surface area contributed by atoms with Crippen LogP contribution in [-0.2, 0) is 21.4 Å². The summed E-state index contributed by atoms with van der Waals surface area (Å²) in [5, 5.41) is 3.47. The van der Waals surface area contributed by atoms with Crippen molar-refractivity contribution in [2.24, 2.45) is 5.92 Å². The van der Waals surface area contributed by atoms with Crippen LogP contribution in [0.5, 0.6) is 0 Å². The van der Waals surface area contributed by atoms with Crippen molar-refractivity contribution in [3.63, 3.8) is 0 Å². The largest absolute Gasteiger partial charge is 0.315 e. The number of amides is 1. The third-order valence-corrected chi connectivity index (χ3v) is 9.06. The van der Waals surface area contributed by atoms with Crippen LogP contribution in [0.3, 0.4) is 0 Å². The summed E-state index contributed by atoms with van der Waals surface area (Å²) in [6, 6.07) is 11.5. The molecule has 4 rings (SSSR count). The summed E-state index contributed by atoms with van der Waals surface area (Å²) in [7, 11) is -1.90. The molecule has 2 aromatic rings. The first kappa shape index (κ1) is 25.8. The van der Waals surface area contributed by atoms with Crippen molar-refractivity contribution in [1.82, 2.24) is 14.5 Å². The van der Waals surface area contributed by atoms with Gasteiger partial charge < -0.3 is 10.2 Å². The van der Waals surface area contributed by atoms with E-state index in [-0.39, 0.29) is 29.8 Å². The Bertz CT molecular complexity index is 1150. The number of benzene rings is 2. The summed E-state index contributed by atoms with van der Waals surface area (Å²) in [4.78, 5) is 17.4. The summed E-state index contributed by atoms with van der Waals surface area (Å²) >= 11 is 0. The van der Waals surface area contributed by atoms with Gasteiger partial charge in [0.25, 0.3) is 0 Å². The van der Waals surface area contributed by atoms with Crippen molar-refractivity contribution in [1.29, 1.82) is 0 Å². The van der Waals surface area contributed by atoms with E-state index in [0.29, 0.717) is 18.9 Å². The van der Waals surface area contributed by atoms with Crippen LogP contribution >= 0.6 is 0 Å². The molecule has 9 heteroatoms. The fourth-order valence-corrected chi connectivity index (χ4v) is 6.43. The first-order chi connectivity index (χ1) is 16.6. The number of hydrogen-bond donors (Lipinski definition) is 1. The third kappa shape index (κ3) is 5.91. The van der Waals surface area contributed by atoms with E-state index < -0.39 is 15.8 Å². The maximum Gasteiger partial charge on any atom is 0.243 e. The van der Waals surface area contributed by atoms with E-state index in [1.54, 1.807) is 11.9 Å². The number of hydrogen-bond acceptors (Lipinski definition) is 5. The molecule has 0 saturated carbocycles. The fourth-order valence-electron chi connectivity index (χ4n) is 4.96. The number of halogens is 1. The van der Waals surface area contributed by atoms with Crippen LogP contribution in [0.15, 0.2) is 47.4 Å². The standard InChI is InChI=1S/C26H35FN4O3S/c1-19-16-24(7-4-22(19)18-30-15-12-28-20(2)17-30)29(3)26(32)21-10-13-31(14-11-21)35(33,34)25-8-5-23(27)6-9-25/h4-9,16,20-21,28H,10-15,17-18H2,1-3H3/t20-/m0/s1. The summed E-state index contributed by atoms with van der Waals surface area (Å²) in [5.41, 5.74) is 3.28. The second kappa shape index (κ2) is 10.7. The normalized spacial score (nSPS) is 20.6. The highest BCUT2D eigenvalue weighted by molar-refractivity contribution is 7.89. The van der Waals surface area contributed by atoms with Crippen LogP contribution in [-0.4, -0.2) is 69.3 Å². The summed E-state index contributed by atoms with van der Waals surface area (Å²) in [5.74, 6) is -0.702. The van der Waals surface area contributed by atoms with Gasteiger partial charge in [-0.25, -0.2) is 12.8 Å². The molecule has 190 valence electrons. The molecule has 2 aliphatic rings. The lowest BCUT2D eigenvalue weighted by molar-refractivity contribution is -0.123. The Hall–Kier alpha value is -2.33. The second-order valence-corrected chi connectivity index (χ2v) is 11.7. The highest BCUT2D eigenvalue weighted by Crippen LogP contribution is 2.27. The number of anilines is 1. The maximum absolute atomic E-state index is 13.2. The summed E-state index contributed by atoms with van der Waals surface area (Å²) in [6.07, 6.45) is 0.920. The van der Waals surface area contributed by atoms with Gasteiger partial charge in [0, 0.05) is 64.0 Å². The van der Waals surface area contributed by atoms with Crippen molar-refractivity contribution in [3.8, 4) is 0 Å². The number of aryl methyl sites for hydroxylation is 1. The summed E-state index contributed by atoms with van der Waals surface area (Å²) in [6.45, 7) is 8.77. The molecule has 0 bridgehead atoms. The van der Waals surface area contributed by atoms with Crippen LogP contribution < -0.4 is 10.2 Å². The van der Waals surface area contributed by atoms with E-state index in [1.165, 1.54) is 22.0 Å². The molecule has 7 nitrogen and oxygen atoms in total. The smallest absolute Gasteiger partial charge is 0.243 e. The van der Waals surface area contributed by atoms with Gasteiger partial charge in [-0.2, -0.15) is 4.31 Å². The molecule has 1 N–H and O–H groups in total. The lowest BCUT2D eigenvalue weighted by atomic mass is 9.96. The molecule has 2 saturated heterocycles. The monoisotopic (exact) mass is 502 g/mol. The Morgan fingerprint density at radius 3 is 2.43 bits per heavy atom. The molecule has 2 aliphatic heterocycles. The first-order valence-electron chi connectivity index (χ1n) is 12.2. The average molecular weight is 503 g/mol. The number of piperidine rings is 1. The van der Waals surface area contributed by atoms with Crippen molar-refractivity contribution in [2.45, 2.75) is 44.2 Å². The lowest BCUT2D eigenvalue weighted by Gasteiger charge is -2.33. The Kier molecular flexibility index (Phi) is 7.90. The van der Waals surface area contributed by atoms with Crippen LogP contribution in [0.25, 0.3) is 0 Å². The lowest BCUT2D eigenvalue weighted by Crippen LogP contribution is -2.48. The molecule has 2 heterocycles. The Morgan fingerprint density at radius 1 is 1.11 bits per heavy atom. The van der Waals surface area contributed by atoms with E-state index in [9.17, 15) is 17.6 Å². The number of nitrogens with zero attached hydrogens (tertiary/aromatic N) is 3. The van der Waals surface area contributed by atoms with Gasteiger partial charge in [0.1, 0.15) is 5.82 Å². The SMILES string of the molecule is Cc1cc(N(C)C(=O)C2CCN(S(=O)(=O)c3ccc(F)cc3)CC2)ccc1CN1CCN[C@@H](C)C1. The van der Waals surface area contributed by atoms with Gasteiger partial charge >= 0.3 is 0 Å². The zero-order valence-corrected chi connectivity index (χ0v) is 21.5. The third-order valence-electron chi connectivity index (χ3n) is 7.15. The van der Waals surface area contributed by atoms with Gasteiger partial charge in [-0.05, 0) is 74.2 Å². The molecule has 0 aromatic heterocycles. The van der Waals surface area contributed by atoms with Crippen molar-refractivity contribution in [2.75, 3.05) is 44.7 Å². The van der Waals surface area contributed by atoms with E-state index >= 15 is 0 Å². The Balaban J connectivity index is 1.36. The van der Waals surface area contributed by atoms with Crippen LogP contribution in [0.4, 0.5) is 10.1 Å². The van der Waals surface area contributed by atoms with Crippen LogP contribution in [0.2, 0.25) is 0 Å².